The molecule has 0 bridgehead atoms. The van der Waals surface area contributed by atoms with Crippen molar-refractivity contribution in [3.05, 3.63) is 100.0 Å². The fourth-order valence-corrected chi connectivity index (χ4v) is 2.11. The van der Waals surface area contributed by atoms with Gasteiger partial charge in [0, 0.05) is 0 Å². The minimum atomic E-state index is 1.01. The molecule has 2 aromatic carbocycles. The smallest absolute Gasteiger partial charge is 0.0190 e. The highest BCUT2D eigenvalue weighted by Crippen LogP contribution is 2.14. The minimum Gasteiger partial charge on any atom is -0.0915 e. The third-order valence-electron chi connectivity index (χ3n) is 3.73. The van der Waals surface area contributed by atoms with Gasteiger partial charge in [0.15, 0.2) is 0 Å². The molecule has 0 fully saturated rings. The Balaban J connectivity index is 2.18. The summed E-state index contributed by atoms with van der Waals surface area (Å²) in [6.45, 7) is 12.4. The predicted molar refractivity (Wildman–Crippen MR) is 98.8 cm³/mol. The highest BCUT2D eigenvalue weighted by Gasteiger charge is 1.94. The quantitative estimate of drug-likeness (QED) is 0.731. The number of rotatable bonds is 4. The van der Waals surface area contributed by atoms with Gasteiger partial charge >= 0.3 is 0 Å². The minimum absolute atomic E-state index is 1.01. The summed E-state index contributed by atoms with van der Waals surface area (Å²) in [5.41, 5.74) is 4.66. The number of benzene rings is 2. The van der Waals surface area contributed by atoms with E-state index in [-0.39, 0.29) is 0 Å². The van der Waals surface area contributed by atoms with Crippen LogP contribution in [0.5, 0.6) is 0 Å². The predicted octanol–water partition coefficient (Wildman–Crippen LogP) is 4.40. The lowest BCUT2D eigenvalue weighted by molar-refractivity contribution is 1.43. The lowest BCUT2D eigenvalue weighted by Crippen LogP contribution is -2.21. The molecule has 0 aromatic heterocycles. The van der Waals surface area contributed by atoms with Crippen LogP contribution >= 0.6 is 0 Å². The third-order valence-corrected chi connectivity index (χ3v) is 3.73. The second kappa shape index (κ2) is 7.42. The number of hydrogen-bond donors (Lipinski definition) is 0. The van der Waals surface area contributed by atoms with E-state index in [4.69, 9.17) is 0 Å². The first-order chi connectivity index (χ1) is 10.6. The molecule has 0 unspecified atom stereocenters. The molecule has 0 heteroatoms. The highest BCUT2D eigenvalue weighted by molar-refractivity contribution is 5.59. The molecule has 22 heavy (non-hydrogen) atoms. The van der Waals surface area contributed by atoms with Crippen molar-refractivity contribution in [1.29, 1.82) is 0 Å². The summed E-state index contributed by atoms with van der Waals surface area (Å²) < 4.78 is 0. The maximum Gasteiger partial charge on any atom is -0.0190 e. The van der Waals surface area contributed by atoms with Gasteiger partial charge < -0.3 is 0 Å². The van der Waals surface area contributed by atoms with Crippen LogP contribution in [0.3, 0.4) is 0 Å². The average Bonchev–Trinajstić information content (AvgIpc) is 2.52. The monoisotopic (exact) mass is 286 g/mol. The van der Waals surface area contributed by atoms with Gasteiger partial charge in [-0.1, -0.05) is 86.0 Å². The van der Waals surface area contributed by atoms with E-state index < -0.39 is 0 Å². The van der Waals surface area contributed by atoms with E-state index in [0.717, 1.165) is 21.6 Å². The first-order valence-electron chi connectivity index (χ1n) is 7.43. The summed E-state index contributed by atoms with van der Waals surface area (Å²) in [5.74, 6) is 0. The van der Waals surface area contributed by atoms with Crippen molar-refractivity contribution in [3.8, 4) is 0 Å². The van der Waals surface area contributed by atoms with E-state index >= 15 is 0 Å². The molecule has 0 N–H and O–H groups in total. The van der Waals surface area contributed by atoms with Gasteiger partial charge in [0.05, 0.1) is 0 Å². The molecule has 0 aliphatic rings. The molecule has 0 saturated heterocycles. The van der Waals surface area contributed by atoms with Gasteiger partial charge in [-0.15, -0.1) is 0 Å². The van der Waals surface area contributed by atoms with E-state index in [1.54, 1.807) is 0 Å². The number of aryl methyl sites for hydroxylation is 1. The van der Waals surface area contributed by atoms with Crippen LogP contribution in [-0.2, 0) is 0 Å². The Hall–Kier alpha value is -2.60. The van der Waals surface area contributed by atoms with Crippen LogP contribution < -0.4 is 10.4 Å². The van der Waals surface area contributed by atoms with E-state index in [0.29, 0.717) is 0 Å². The van der Waals surface area contributed by atoms with E-state index in [9.17, 15) is 0 Å². The van der Waals surface area contributed by atoms with E-state index in [1.807, 2.05) is 18.2 Å². The molecular weight excluding hydrogens is 264 g/mol. The summed E-state index contributed by atoms with van der Waals surface area (Å²) >= 11 is 0. The summed E-state index contributed by atoms with van der Waals surface area (Å²) in [6.07, 6.45) is 8.36. The second-order valence-corrected chi connectivity index (χ2v) is 5.43. The van der Waals surface area contributed by atoms with Gasteiger partial charge in [0.25, 0.3) is 0 Å². The lowest BCUT2D eigenvalue weighted by Gasteiger charge is -2.01. The normalized spacial score (nSPS) is 12.8. The Kier molecular flexibility index (Phi) is 5.32. The van der Waals surface area contributed by atoms with Crippen molar-refractivity contribution < 1.29 is 0 Å². The lowest BCUT2D eigenvalue weighted by atomic mass is 10.0. The second-order valence-electron chi connectivity index (χ2n) is 5.43. The summed E-state index contributed by atoms with van der Waals surface area (Å²) in [5, 5.41) is 2.17. The first-order valence-corrected chi connectivity index (χ1v) is 7.43. The molecule has 0 nitrogen and oxygen atoms in total. The Morgan fingerprint density at radius 2 is 1.68 bits per heavy atom. The van der Waals surface area contributed by atoms with Crippen LogP contribution in [0.15, 0.2) is 78.4 Å². The fraction of sp³-hybridized carbons (Fsp3) is 0.0909. The first kappa shape index (κ1) is 15.8. The Morgan fingerprint density at radius 3 is 2.41 bits per heavy atom. The Morgan fingerprint density at radius 1 is 1.00 bits per heavy atom. The maximum atomic E-state index is 4.14. The molecular formula is C22H22. The van der Waals surface area contributed by atoms with Gasteiger partial charge in [0.2, 0.25) is 0 Å². The SMILES string of the molecule is C=C(/C=C\c1ccccc1C)/C(C)=C/C=c1/ccccc1=C. The number of allylic oxidation sites excluding steroid dienone is 4. The molecule has 0 atom stereocenters. The van der Waals surface area contributed by atoms with Crippen LogP contribution in [0, 0.1) is 6.92 Å². The zero-order chi connectivity index (χ0) is 15.9. The molecule has 2 aromatic rings. The van der Waals surface area contributed by atoms with Crippen LogP contribution in [0.25, 0.3) is 18.7 Å². The van der Waals surface area contributed by atoms with Crippen LogP contribution in [0.2, 0.25) is 0 Å². The van der Waals surface area contributed by atoms with Crippen molar-refractivity contribution in [2.75, 3.05) is 0 Å². The van der Waals surface area contributed by atoms with Crippen LogP contribution in [-0.4, -0.2) is 0 Å². The fourth-order valence-electron chi connectivity index (χ4n) is 2.11. The van der Waals surface area contributed by atoms with Gasteiger partial charge in [0.1, 0.15) is 0 Å². The van der Waals surface area contributed by atoms with Gasteiger partial charge in [-0.3, -0.25) is 0 Å². The molecule has 2 rings (SSSR count). The molecule has 0 aliphatic heterocycles. The zero-order valence-electron chi connectivity index (χ0n) is 13.3. The van der Waals surface area contributed by atoms with Crippen molar-refractivity contribution in [2.45, 2.75) is 13.8 Å². The molecule has 110 valence electrons. The average molecular weight is 286 g/mol. The molecule has 0 spiro atoms. The van der Waals surface area contributed by atoms with Gasteiger partial charge in [-0.2, -0.15) is 0 Å². The van der Waals surface area contributed by atoms with Crippen molar-refractivity contribution in [3.63, 3.8) is 0 Å². The Labute approximate surface area is 133 Å². The third kappa shape index (κ3) is 4.20. The molecule has 0 aliphatic carbocycles. The van der Waals surface area contributed by atoms with Crippen LogP contribution in [0.1, 0.15) is 18.1 Å². The van der Waals surface area contributed by atoms with Gasteiger partial charge in [-0.25, -0.2) is 0 Å². The van der Waals surface area contributed by atoms with Crippen molar-refractivity contribution >= 4 is 18.7 Å². The van der Waals surface area contributed by atoms with Crippen molar-refractivity contribution in [2.24, 2.45) is 0 Å². The summed E-state index contributed by atoms with van der Waals surface area (Å²) in [4.78, 5) is 0. The molecule has 0 saturated carbocycles. The molecule has 0 radical (unpaired) electrons. The van der Waals surface area contributed by atoms with Gasteiger partial charge in [-0.05, 0) is 46.6 Å². The molecule has 0 heterocycles. The van der Waals surface area contributed by atoms with E-state index in [1.165, 1.54) is 11.1 Å². The topological polar surface area (TPSA) is 0 Å². The maximum absolute atomic E-state index is 4.14. The largest absolute Gasteiger partial charge is 0.0915 e. The molecule has 0 amide bonds. The summed E-state index contributed by atoms with van der Waals surface area (Å²) in [6, 6.07) is 16.4. The van der Waals surface area contributed by atoms with Crippen molar-refractivity contribution in [1.82, 2.24) is 0 Å². The highest BCUT2D eigenvalue weighted by atomic mass is 14.0. The zero-order valence-corrected chi connectivity index (χ0v) is 13.3. The standard InChI is InChI=1S/C22H22/c1-17(13-15-21-11-7-5-9-19(21)3)18(2)14-16-22-12-8-6-10-20(22)4/h5-16H,1,4H2,2-3H3/b15-13-,18-14+,22-16-. The van der Waals surface area contributed by atoms with Crippen LogP contribution in [0.4, 0.5) is 0 Å². The van der Waals surface area contributed by atoms with E-state index in [2.05, 4.69) is 81.6 Å². The number of hydrogen-bond acceptors (Lipinski definition) is 0. The Bertz CT molecular complexity index is 832. The summed E-state index contributed by atoms with van der Waals surface area (Å²) in [7, 11) is 0.